The molecule has 4 heteroatoms. The lowest BCUT2D eigenvalue weighted by atomic mass is 10.1. The molecule has 3 nitrogen and oxygen atoms in total. The Labute approximate surface area is 74.8 Å². The number of rotatable bonds is 0. The fraction of sp³-hybridized carbons (Fsp3) is 0.250. The Morgan fingerprint density at radius 2 is 1.25 bits per heavy atom. The van der Waals surface area contributed by atoms with Crippen LogP contribution in [0.1, 0.15) is 11.1 Å². The van der Waals surface area contributed by atoms with Crippen molar-refractivity contribution in [2.45, 2.75) is 13.8 Å². The Hall–Kier alpha value is -1.09. The number of halogens is 1. The summed E-state index contributed by atoms with van der Waals surface area (Å²) in [6.07, 6.45) is 0. The van der Waals surface area contributed by atoms with Gasteiger partial charge in [-0.05, 0) is 13.8 Å². The van der Waals surface area contributed by atoms with Gasteiger partial charge in [-0.3, -0.25) is 0 Å². The molecule has 0 saturated heterocycles. The Balaban J connectivity index is 3.60. The highest BCUT2D eigenvalue weighted by Gasteiger charge is 2.16. The van der Waals surface area contributed by atoms with Gasteiger partial charge in [-0.15, -0.1) is 0 Å². The number of aromatic hydroxyl groups is 3. The quantitative estimate of drug-likeness (QED) is 0.432. The maximum absolute atomic E-state index is 9.29. The van der Waals surface area contributed by atoms with Crippen LogP contribution in [0.5, 0.6) is 17.2 Å². The van der Waals surface area contributed by atoms with Gasteiger partial charge < -0.3 is 15.3 Å². The molecule has 0 atom stereocenters. The molecule has 0 aliphatic carbocycles. The molecular formula is C8H9ClO3. The van der Waals surface area contributed by atoms with E-state index in [9.17, 15) is 15.3 Å². The first-order chi connectivity index (χ1) is 5.46. The van der Waals surface area contributed by atoms with Crippen molar-refractivity contribution in [3.8, 4) is 17.2 Å². The molecule has 1 aromatic carbocycles. The minimum Gasteiger partial charge on any atom is -0.506 e. The van der Waals surface area contributed by atoms with E-state index < -0.39 is 0 Å². The third kappa shape index (κ3) is 1.06. The Morgan fingerprint density at radius 1 is 0.833 bits per heavy atom. The highest BCUT2D eigenvalue weighted by molar-refractivity contribution is 6.33. The summed E-state index contributed by atoms with van der Waals surface area (Å²) >= 11 is 5.64. The first-order valence-electron chi connectivity index (χ1n) is 3.36. The SMILES string of the molecule is Cc1c(O)c(O)c(C)c(Cl)c1O. The molecule has 0 spiro atoms. The molecule has 0 fully saturated rings. The van der Waals surface area contributed by atoms with Gasteiger partial charge >= 0.3 is 0 Å². The van der Waals surface area contributed by atoms with E-state index in [2.05, 4.69) is 0 Å². The van der Waals surface area contributed by atoms with E-state index in [4.69, 9.17) is 11.6 Å². The Bertz CT molecular complexity index is 229. The molecule has 0 amide bonds. The van der Waals surface area contributed by atoms with Gasteiger partial charge in [0.2, 0.25) is 0 Å². The lowest BCUT2D eigenvalue weighted by Crippen LogP contribution is -1.84. The third-order valence-corrected chi connectivity index (χ3v) is 2.29. The zero-order chi connectivity index (χ0) is 9.46. The topological polar surface area (TPSA) is 60.7 Å². The summed E-state index contributed by atoms with van der Waals surface area (Å²) in [6.45, 7) is 2.98. The van der Waals surface area contributed by atoms with E-state index in [1.807, 2.05) is 0 Å². The highest BCUT2D eigenvalue weighted by Crippen LogP contribution is 2.43. The van der Waals surface area contributed by atoms with E-state index in [0.29, 0.717) is 0 Å². The van der Waals surface area contributed by atoms with Crippen molar-refractivity contribution in [3.05, 3.63) is 16.1 Å². The van der Waals surface area contributed by atoms with Crippen LogP contribution in [0.25, 0.3) is 0 Å². The number of benzene rings is 1. The largest absolute Gasteiger partial charge is 0.506 e. The fourth-order valence-electron chi connectivity index (χ4n) is 0.914. The maximum Gasteiger partial charge on any atom is 0.164 e. The predicted octanol–water partition coefficient (Wildman–Crippen LogP) is 2.07. The summed E-state index contributed by atoms with van der Waals surface area (Å²) in [5, 5.41) is 27.8. The van der Waals surface area contributed by atoms with Crippen molar-refractivity contribution in [3.63, 3.8) is 0 Å². The first kappa shape index (κ1) is 9.00. The van der Waals surface area contributed by atoms with Gasteiger partial charge in [0, 0.05) is 11.1 Å². The van der Waals surface area contributed by atoms with Gasteiger partial charge in [-0.1, -0.05) is 11.6 Å². The Morgan fingerprint density at radius 3 is 1.75 bits per heavy atom. The van der Waals surface area contributed by atoms with Crippen molar-refractivity contribution in [2.24, 2.45) is 0 Å². The van der Waals surface area contributed by atoms with Gasteiger partial charge in [-0.2, -0.15) is 0 Å². The second-order valence-corrected chi connectivity index (χ2v) is 2.99. The summed E-state index contributed by atoms with van der Waals surface area (Å²) in [5.74, 6) is -0.797. The van der Waals surface area contributed by atoms with E-state index in [0.717, 1.165) is 0 Å². The maximum atomic E-state index is 9.29. The lowest BCUT2D eigenvalue weighted by molar-refractivity contribution is 0.389. The Kier molecular flexibility index (Phi) is 2.06. The molecule has 1 aromatic rings. The molecule has 3 N–H and O–H groups in total. The van der Waals surface area contributed by atoms with E-state index in [-0.39, 0.29) is 33.4 Å². The van der Waals surface area contributed by atoms with Crippen LogP contribution in [0.3, 0.4) is 0 Å². The van der Waals surface area contributed by atoms with Gasteiger partial charge in [0.25, 0.3) is 0 Å². The second kappa shape index (κ2) is 2.75. The predicted molar refractivity (Wildman–Crippen MR) is 45.9 cm³/mol. The summed E-state index contributed by atoms with van der Waals surface area (Å²) in [6, 6.07) is 0. The monoisotopic (exact) mass is 188 g/mol. The molecule has 0 aliphatic heterocycles. The molecule has 1 rings (SSSR count). The first-order valence-corrected chi connectivity index (χ1v) is 3.74. The van der Waals surface area contributed by atoms with Gasteiger partial charge in [0.1, 0.15) is 5.75 Å². The summed E-state index contributed by atoms with van der Waals surface area (Å²) < 4.78 is 0. The van der Waals surface area contributed by atoms with Crippen LogP contribution in [0.2, 0.25) is 5.02 Å². The molecule has 66 valence electrons. The van der Waals surface area contributed by atoms with Crippen LogP contribution in [-0.4, -0.2) is 15.3 Å². The molecule has 12 heavy (non-hydrogen) atoms. The molecule has 0 radical (unpaired) electrons. The molecule has 0 bridgehead atoms. The zero-order valence-corrected chi connectivity index (χ0v) is 7.48. The molecule has 0 unspecified atom stereocenters. The van der Waals surface area contributed by atoms with Crippen molar-refractivity contribution >= 4 is 11.6 Å². The summed E-state index contributed by atoms with van der Waals surface area (Å²) in [4.78, 5) is 0. The molecular weight excluding hydrogens is 180 g/mol. The van der Waals surface area contributed by atoms with Gasteiger partial charge in [0.15, 0.2) is 11.5 Å². The normalized spacial score (nSPS) is 10.2. The number of phenolic OH excluding ortho intramolecular Hbond substituents is 3. The molecule has 0 saturated carbocycles. The standard InChI is InChI=1S/C8H9ClO3/c1-3-5(9)6(10)4(2)8(12)7(3)11/h10-12H,1-2H3. The average molecular weight is 189 g/mol. The number of phenols is 3. The van der Waals surface area contributed by atoms with Crippen LogP contribution in [-0.2, 0) is 0 Å². The highest BCUT2D eigenvalue weighted by atomic mass is 35.5. The molecule has 0 aliphatic rings. The van der Waals surface area contributed by atoms with Crippen molar-refractivity contribution in [1.29, 1.82) is 0 Å². The van der Waals surface area contributed by atoms with Crippen molar-refractivity contribution < 1.29 is 15.3 Å². The zero-order valence-electron chi connectivity index (χ0n) is 6.72. The average Bonchev–Trinajstić information content (AvgIpc) is 2.08. The third-order valence-electron chi connectivity index (χ3n) is 1.83. The van der Waals surface area contributed by atoms with E-state index >= 15 is 0 Å². The van der Waals surface area contributed by atoms with Crippen LogP contribution in [0.4, 0.5) is 0 Å². The van der Waals surface area contributed by atoms with Crippen LogP contribution >= 0.6 is 11.6 Å². The lowest BCUT2D eigenvalue weighted by Gasteiger charge is -2.09. The smallest absolute Gasteiger partial charge is 0.164 e. The molecule has 0 heterocycles. The number of hydrogen-bond acceptors (Lipinski definition) is 3. The fourth-order valence-corrected chi connectivity index (χ4v) is 1.14. The second-order valence-electron chi connectivity index (χ2n) is 2.61. The van der Waals surface area contributed by atoms with E-state index in [1.165, 1.54) is 13.8 Å². The van der Waals surface area contributed by atoms with Crippen molar-refractivity contribution in [2.75, 3.05) is 0 Å². The van der Waals surface area contributed by atoms with Crippen LogP contribution in [0, 0.1) is 13.8 Å². The summed E-state index contributed by atoms with van der Waals surface area (Å²) in [7, 11) is 0. The van der Waals surface area contributed by atoms with Gasteiger partial charge in [-0.25, -0.2) is 0 Å². The minimum atomic E-state index is -0.325. The van der Waals surface area contributed by atoms with Crippen molar-refractivity contribution in [1.82, 2.24) is 0 Å². The van der Waals surface area contributed by atoms with E-state index in [1.54, 1.807) is 0 Å². The molecule has 0 aromatic heterocycles. The van der Waals surface area contributed by atoms with Gasteiger partial charge in [0.05, 0.1) is 5.02 Å². The summed E-state index contributed by atoms with van der Waals surface area (Å²) in [5.41, 5.74) is 0.459. The van der Waals surface area contributed by atoms with Crippen LogP contribution in [0.15, 0.2) is 0 Å². The van der Waals surface area contributed by atoms with Crippen LogP contribution < -0.4 is 0 Å². The minimum absolute atomic E-state index is 0.0720. The number of hydrogen-bond donors (Lipinski definition) is 3.